The van der Waals surface area contributed by atoms with Crippen molar-refractivity contribution in [1.29, 1.82) is 5.26 Å². The number of benzene rings is 1. The molecule has 1 amide bonds. The van der Waals surface area contributed by atoms with Crippen LogP contribution in [-0.2, 0) is 4.79 Å². The van der Waals surface area contributed by atoms with Crippen LogP contribution in [0.2, 0.25) is 10.0 Å². The summed E-state index contributed by atoms with van der Waals surface area (Å²) in [5.74, 6) is -0.400. The molecule has 0 spiro atoms. The van der Waals surface area contributed by atoms with Crippen molar-refractivity contribution in [1.82, 2.24) is 5.32 Å². The third-order valence-corrected chi connectivity index (χ3v) is 3.18. The number of hydrogen-bond donors (Lipinski definition) is 1. The standard InChI is InChI=1S/C14H14Cl2N2O/c1-3-9(2)18-14(19)11(8-17)6-10-4-5-12(15)7-13(10)16/h4-7,9H,3H2,1-2H3,(H,18,19)/b11-6+/t9-/m0/s1. The van der Waals surface area contributed by atoms with Crippen LogP contribution in [0.5, 0.6) is 0 Å². The van der Waals surface area contributed by atoms with Crippen LogP contribution in [0.1, 0.15) is 25.8 Å². The van der Waals surface area contributed by atoms with E-state index in [1.54, 1.807) is 18.2 Å². The Balaban J connectivity index is 2.99. The van der Waals surface area contributed by atoms with Crippen molar-refractivity contribution in [3.63, 3.8) is 0 Å². The predicted molar refractivity (Wildman–Crippen MR) is 77.9 cm³/mol. The number of carbonyl (C=O) groups is 1. The lowest BCUT2D eigenvalue weighted by Crippen LogP contribution is -2.32. The SMILES string of the molecule is CC[C@H](C)NC(=O)/C(C#N)=C/c1ccc(Cl)cc1Cl. The van der Waals surface area contributed by atoms with Gasteiger partial charge in [0.15, 0.2) is 0 Å². The Kier molecular flexibility index (Phi) is 5.88. The lowest BCUT2D eigenvalue weighted by atomic mass is 10.1. The molecule has 0 heterocycles. The van der Waals surface area contributed by atoms with Gasteiger partial charge in [-0.25, -0.2) is 0 Å². The summed E-state index contributed by atoms with van der Waals surface area (Å²) in [5, 5.41) is 12.7. The van der Waals surface area contributed by atoms with E-state index >= 15 is 0 Å². The zero-order valence-electron chi connectivity index (χ0n) is 10.7. The predicted octanol–water partition coefficient (Wildman–Crippen LogP) is 3.82. The smallest absolute Gasteiger partial charge is 0.262 e. The Labute approximate surface area is 122 Å². The fourth-order valence-corrected chi connectivity index (χ4v) is 1.79. The van der Waals surface area contributed by atoms with Crippen molar-refractivity contribution >= 4 is 35.2 Å². The summed E-state index contributed by atoms with van der Waals surface area (Å²) in [5.41, 5.74) is 0.603. The van der Waals surface area contributed by atoms with Crippen molar-refractivity contribution in [2.45, 2.75) is 26.3 Å². The van der Waals surface area contributed by atoms with Gasteiger partial charge >= 0.3 is 0 Å². The topological polar surface area (TPSA) is 52.9 Å². The monoisotopic (exact) mass is 296 g/mol. The Morgan fingerprint density at radius 3 is 2.74 bits per heavy atom. The maximum Gasteiger partial charge on any atom is 0.262 e. The molecule has 1 atom stereocenters. The van der Waals surface area contributed by atoms with E-state index < -0.39 is 5.91 Å². The number of carbonyl (C=O) groups excluding carboxylic acids is 1. The molecule has 0 fully saturated rings. The third kappa shape index (κ3) is 4.59. The van der Waals surface area contributed by atoms with Gasteiger partial charge in [-0.15, -0.1) is 0 Å². The van der Waals surface area contributed by atoms with E-state index in [0.29, 0.717) is 15.6 Å². The summed E-state index contributed by atoms with van der Waals surface area (Å²) >= 11 is 11.8. The van der Waals surface area contributed by atoms with Gasteiger partial charge in [0.05, 0.1) is 0 Å². The number of rotatable bonds is 4. The van der Waals surface area contributed by atoms with E-state index in [1.165, 1.54) is 6.08 Å². The molecule has 0 unspecified atom stereocenters. The molecule has 1 rings (SSSR count). The van der Waals surface area contributed by atoms with Crippen LogP contribution in [0.4, 0.5) is 0 Å². The minimum absolute atomic E-state index is 0.0181. The Morgan fingerprint density at radius 2 is 2.21 bits per heavy atom. The summed E-state index contributed by atoms with van der Waals surface area (Å²) in [7, 11) is 0. The molecule has 0 aromatic heterocycles. The molecular weight excluding hydrogens is 283 g/mol. The number of nitrogens with zero attached hydrogens (tertiary/aromatic N) is 1. The van der Waals surface area contributed by atoms with Gasteiger partial charge in [-0.3, -0.25) is 4.79 Å². The first kappa shape index (κ1) is 15.6. The van der Waals surface area contributed by atoms with Crippen molar-refractivity contribution < 1.29 is 4.79 Å². The lowest BCUT2D eigenvalue weighted by Gasteiger charge is -2.10. The molecule has 0 aliphatic heterocycles. The van der Waals surface area contributed by atoms with E-state index in [2.05, 4.69) is 5.32 Å². The normalized spacial score (nSPS) is 12.7. The zero-order chi connectivity index (χ0) is 14.4. The summed E-state index contributed by atoms with van der Waals surface area (Å²) in [6, 6.07) is 6.78. The average Bonchev–Trinajstić information content (AvgIpc) is 2.37. The molecule has 0 saturated carbocycles. The highest BCUT2D eigenvalue weighted by atomic mass is 35.5. The number of amides is 1. The Morgan fingerprint density at radius 1 is 1.53 bits per heavy atom. The first-order valence-electron chi connectivity index (χ1n) is 5.85. The van der Waals surface area contributed by atoms with Crippen LogP contribution in [0.25, 0.3) is 6.08 Å². The first-order chi connectivity index (χ1) is 8.97. The number of nitriles is 1. The molecule has 5 heteroatoms. The molecule has 0 saturated heterocycles. The van der Waals surface area contributed by atoms with Gasteiger partial charge in [0.2, 0.25) is 0 Å². The third-order valence-electron chi connectivity index (χ3n) is 2.62. The van der Waals surface area contributed by atoms with Crippen LogP contribution in [0.3, 0.4) is 0 Å². The van der Waals surface area contributed by atoms with Gasteiger partial charge in [0.1, 0.15) is 11.6 Å². The van der Waals surface area contributed by atoms with Crippen LogP contribution >= 0.6 is 23.2 Å². The molecule has 1 N–H and O–H groups in total. The highest BCUT2D eigenvalue weighted by molar-refractivity contribution is 6.35. The summed E-state index contributed by atoms with van der Waals surface area (Å²) < 4.78 is 0. The molecule has 1 aromatic rings. The highest BCUT2D eigenvalue weighted by Crippen LogP contribution is 2.23. The quantitative estimate of drug-likeness (QED) is 0.678. The zero-order valence-corrected chi connectivity index (χ0v) is 12.2. The van der Waals surface area contributed by atoms with Crippen molar-refractivity contribution in [3.8, 4) is 6.07 Å². The van der Waals surface area contributed by atoms with E-state index in [-0.39, 0.29) is 11.6 Å². The van der Waals surface area contributed by atoms with Gasteiger partial charge in [-0.05, 0) is 37.1 Å². The molecule has 3 nitrogen and oxygen atoms in total. The second kappa shape index (κ2) is 7.18. The minimum atomic E-state index is -0.400. The van der Waals surface area contributed by atoms with E-state index in [0.717, 1.165) is 6.42 Å². The second-order valence-electron chi connectivity index (χ2n) is 4.12. The van der Waals surface area contributed by atoms with Gasteiger partial charge in [-0.2, -0.15) is 5.26 Å². The molecule has 100 valence electrons. The second-order valence-corrected chi connectivity index (χ2v) is 4.96. The molecule has 0 aliphatic rings. The summed E-state index contributed by atoms with van der Waals surface area (Å²) in [4.78, 5) is 11.9. The van der Waals surface area contributed by atoms with Crippen LogP contribution in [-0.4, -0.2) is 11.9 Å². The molecule has 0 bridgehead atoms. The molecular formula is C14H14Cl2N2O. The molecule has 1 aromatic carbocycles. The summed E-state index contributed by atoms with van der Waals surface area (Å²) in [6.45, 7) is 3.83. The fraction of sp³-hybridized carbons (Fsp3) is 0.286. The first-order valence-corrected chi connectivity index (χ1v) is 6.61. The van der Waals surface area contributed by atoms with Crippen molar-refractivity contribution in [2.24, 2.45) is 0 Å². The van der Waals surface area contributed by atoms with Crippen LogP contribution in [0, 0.1) is 11.3 Å². The van der Waals surface area contributed by atoms with Crippen molar-refractivity contribution in [3.05, 3.63) is 39.4 Å². The maximum absolute atomic E-state index is 11.9. The lowest BCUT2D eigenvalue weighted by molar-refractivity contribution is -0.117. The van der Waals surface area contributed by atoms with Gasteiger partial charge < -0.3 is 5.32 Å². The maximum atomic E-state index is 11.9. The molecule has 0 aliphatic carbocycles. The van der Waals surface area contributed by atoms with Gasteiger partial charge in [0.25, 0.3) is 5.91 Å². The van der Waals surface area contributed by atoms with E-state index in [9.17, 15) is 4.79 Å². The van der Waals surface area contributed by atoms with E-state index in [1.807, 2.05) is 19.9 Å². The van der Waals surface area contributed by atoms with Crippen molar-refractivity contribution in [2.75, 3.05) is 0 Å². The van der Waals surface area contributed by atoms with Crippen LogP contribution in [0.15, 0.2) is 23.8 Å². The van der Waals surface area contributed by atoms with E-state index in [4.69, 9.17) is 28.5 Å². The number of halogens is 2. The van der Waals surface area contributed by atoms with Gasteiger partial charge in [-0.1, -0.05) is 36.2 Å². The Hall–Kier alpha value is -1.50. The largest absolute Gasteiger partial charge is 0.349 e. The average molecular weight is 297 g/mol. The molecule has 0 radical (unpaired) electrons. The Bertz CT molecular complexity index is 547. The minimum Gasteiger partial charge on any atom is -0.349 e. The van der Waals surface area contributed by atoms with Gasteiger partial charge in [0, 0.05) is 16.1 Å². The van der Waals surface area contributed by atoms with Crippen LogP contribution < -0.4 is 5.32 Å². The summed E-state index contributed by atoms with van der Waals surface area (Å²) in [6.07, 6.45) is 2.25. The number of hydrogen-bond acceptors (Lipinski definition) is 2. The fourth-order valence-electron chi connectivity index (χ4n) is 1.33. The highest BCUT2D eigenvalue weighted by Gasteiger charge is 2.12. The number of nitrogens with one attached hydrogen (secondary N) is 1. The molecule has 19 heavy (non-hydrogen) atoms.